The number of carbonyl (C=O) groups is 4. The fourth-order valence-electron chi connectivity index (χ4n) is 5.66. The van der Waals surface area contributed by atoms with Gasteiger partial charge in [0.2, 0.25) is 0 Å². The molecule has 0 aliphatic carbocycles. The number of nitrogens with one attached hydrogen (secondary N) is 1. The first-order valence-corrected chi connectivity index (χ1v) is 15.9. The van der Waals surface area contributed by atoms with Crippen LogP contribution in [-0.4, -0.2) is 106 Å². The predicted molar refractivity (Wildman–Crippen MR) is 180 cm³/mol. The maximum atomic E-state index is 13.5. The van der Waals surface area contributed by atoms with Crippen LogP contribution in [0.5, 0.6) is 0 Å². The van der Waals surface area contributed by atoms with E-state index in [0.717, 1.165) is 29.7 Å². The topological polar surface area (TPSA) is 196 Å². The van der Waals surface area contributed by atoms with Gasteiger partial charge < -0.3 is 20.6 Å². The molecule has 4 N–H and O–H groups in total. The fourth-order valence-corrected chi connectivity index (χ4v) is 5.66. The minimum atomic E-state index is -1.18. The van der Waals surface area contributed by atoms with Gasteiger partial charge in [-0.05, 0) is 43.8 Å². The van der Waals surface area contributed by atoms with Crippen LogP contribution in [0.1, 0.15) is 48.4 Å². The van der Waals surface area contributed by atoms with Crippen molar-refractivity contribution in [2.24, 2.45) is 0 Å². The van der Waals surface area contributed by atoms with E-state index in [1.54, 1.807) is 41.1 Å². The van der Waals surface area contributed by atoms with E-state index in [0.29, 0.717) is 29.0 Å². The Hall–Kier alpha value is -5.67. The first-order chi connectivity index (χ1) is 23.6. The van der Waals surface area contributed by atoms with Gasteiger partial charge in [-0.3, -0.25) is 29.0 Å². The molecule has 3 heterocycles. The number of benzene rings is 2. The van der Waals surface area contributed by atoms with Crippen LogP contribution in [0, 0.1) is 0 Å². The number of rotatable bonds is 17. The van der Waals surface area contributed by atoms with Crippen molar-refractivity contribution in [2.75, 3.05) is 32.7 Å². The zero-order valence-corrected chi connectivity index (χ0v) is 27.2. The van der Waals surface area contributed by atoms with Crippen LogP contribution in [0.25, 0.3) is 33.4 Å². The molecule has 1 amide bonds. The largest absolute Gasteiger partial charge is 0.481 e. The molecule has 5 aromatic rings. The Morgan fingerprint density at radius 2 is 1.20 bits per heavy atom. The van der Waals surface area contributed by atoms with Gasteiger partial charge in [0.25, 0.3) is 5.91 Å². The number of aromatic nitrogens is 5. The predicted octanol–water partition coefficient (Wildman–Crippen LogP) is 3.17. The minimum Gasteiger partial charge on any atom is -0.481 e. The van der Waals surface area contributed by atoms with E-state index in [1.807, 2.05) is 24.3 Å². The van der Waals surface area contributed by atoms with Gasteiger partial charge in [0, 0.05) is 42.4 Å². The van der Waals surface area contributed by atoms with Crippen molar-refractivity contribution in [2.45, 2.75) is 39.8 Å². The summed E-state index contributed by atoms with van der Waals surface area (Å²) in [6, 6.07) is 18.1. The minimum absolute atomic E-state index is 0.0682. The number of amides is 1. The maximum absolute atomic E-state index is 13.5. The lowest BCUT2D eigenvalue weighted by Crippen LogP contribution is -2.34. The SMILES string of the molecule is CCN(CC)Cc1nn(-c2cc(C(=O)NCCCC(=O)O)cc(-n3nc(CN(CC(=O)O)CC(=O)O)c4ccccc43)n2)c2ccccc12. The molecule has 0 atom stereocenters. The van der Waals surface area contributed by atoms with Crippen molar-refractivity contribution in [3.8, 4) is 11.6 Å². The second kappa shape index (κ2) is 15.5. The summed E-state index contributed by atoms with van der Waals surface area (Å²) < 4.78 is 3.23. The summed E-state index contributed by atoms with van der Waals surface area (Å²) in [4.78, 5) is 56.0. The van der Waals surface area contributed by atoms with Crippen molar-refractivity contribution in [1.82, 2.24) is 39.7 Å². The smallest absolute Gasteiger partial charge is 0.317 e. The average molecular weight is 671 g/mol. The molecule has 0 spiro atoms. The number of hydrogen-bond donors (Lipinski definition) is 4. The molecule has 49 heavy (non-hydrogen) atoms. The number of hydrogen-bond acceptors (Lipinski definition) is 9. The van der Waals surface area contributed by atoms with Crippen LogP contribution >= 0.6 is 0 Å². The molecular weight excluding hydrogens is 632 g/mol. The van der Waals surface area contributed by atoms with Crippen LogP contribution in [0.2, 0.25) is 0 Å². The Balaban J connectivity index is 1.65. The third-order valence-electron chi connectivity index (χ3n) is 8.03. The normalized spacial score (nSPS) is 11.5. The molecule has 2 aromatic carbocycles. The Bertz CT molecular complexity index is 1980. The number of pyridine rings is 1. The summed E-state index contributed by atoms with van der Waals surface area (Å²) in [6.07, 6.45) is 0.158. The summed E-state index contributed by atoms with van der Waals surface area (Å²) in [5.41, 5.74) is 2.89. The van der Waals surface area contributed by atoms with Crippen LogP contribution in [0.15, 0.2) is 60.7 Å². The number of aliphatic carboxylic acids is 3. The lowest BCUT2D eigenvalue weighted by molar-refractivity contribution is -0.142. The number of para-hydroxylation sites is 2. The van der Waals surface area contributed by atoms with E-state index in [1.165, 1.54) is 9.58 Å². The number of carboxylic acids is 3. The zero-order chi connectivity index (χ0) is 35.1. The van der Waals surface area contributed by atoms with Crippen molar-refractivity contribution in [1.29, 1.82) is 0 Å². The first-order valence-electron chi connectivity index (χ1n) is 15.9. The number of carboxylic acid groups (broad SMARTS) is 3. The molecular formula is C34H38N8O7. The van der Waals surface area contributed by atoms with Crippen LogP contribution < -0.4 is 5.32 Å². The number of fused-ring (bicyclic) bond motifs is 2. The van der Waals surface area contributed by atoms with Gasteiger partial charge in [0.05, 0.1) is 35.5 Å². The monoisotopic (exact) mass is 670 g/mol. The Morgan fingerprint density at radius 1 is 0.714 bits per heavy atom. The van der Waals surface area contributed by atoms with E-state index < -0.39 is 36.9 Å². The van der Waals surface area contributed by atoms with E-state index in [2.05, 4.69) is 24.1 Å². The Morgan fingerprint density at radius 3 is 1.67 bits per heavy atom. The highest BCUT2D eigenvalue weighted by atomic mass is 16.4. The highest BCUT2D eigenvalue weighted by Crippen LogP contribution is 2.27. The second-order valence-electron chi connectivity index (χ2n) is 11.5. The maximum Gasteiger partial charge on any atom is 0.317 e. The molecule has 15 nitrogen and oxygen atoms in total. The van der Waals surface area contributed by atoms with Gasteiger partial charge in [-0.2, -0.15) is 10.2 Å². The highest BCUT2D eigenvalue weighted by molar-refractivity contribution is 5.95. The molecule has 0 fully saturated rings. The zero-order valence-electron chi connectivity index (χ0n) is 27.2. The lowest BCUT2D eigenvalue weighted by atomic mass is 10.2. The van der Waals surface area contributed by atoms with Crippen LogP contribution in [0.3, 0.4) is 0 Å². The molecule has 0 saturated heterocycles. The standard InChI is InChI=1S/C34H38N8O7/c1-3-39(4-2)18-25-23-10-5-7-12-27(23)41(37-25)29-16-22(34(49)35-15-9-14-31(43)44)17-30(36-29)42-28-13-8-6-11-24(28)26(38-42)19-40(20-32(45)46)21-33(47)48/h5-8,10-13,16-17H,3-4,9,14-15,18-21H2,1-2H3,(H,35,49)(H,43,44)(H,45,46)(H,47,48). The second-order valence-corrected chi connectivity index (χ2v) is 11.5. The summed E-state index contributed by atoms with van der Waals surface area (Å²) in [5, 5.41) is 41.9. The Kier molecular flexibility index (Phi) is 11.0. The lowest BCUT2D eigenvalue weighted by Gasteiger charge is -2.16. The van der Waals surface area contributed by atoms with E-state index >= 15 is 0 Å². The molecule has 15 heteroatoms. The third-order valence-corrected chi connectivity index (χ3v) is 8.03. The quantitative estimate of drug-likeness (QED) is 0.106. The van der Waals surface area contributed by atoms with Crippen LogP contribution in [-0.2, 0) is 27.5 Å². The summed E-state index contributed by atoms with van der Waals surface area (Å²) >= 11 is 0. The molecule has 0 unspecified atom stereocenters. The molecule has 256 valence electrons. The van der Waals surface area contributed by atoms with Gasteiger partial charge in [-0.25, -0.2) is 14.3 Å². The van der Waals surface area contributed by atoms with E-state index in [-0.39, 0.29) is 37.3 Å². The molecule has 0 radical (unpaired) electrons. The molecule has 0 saturated carbocycles. The van der Waals surface area contributed by atoms with Gasteiger partial charge in [-0.1, -0.05) is 50.2 Å². The van der Waals surface area contributed by atoms with Gasteiger partial charge in [0.15, 0.2) is 11.6 Å². The van der Waals surface area contributed by atoms with E-state index in [4.69, 9.17) is 20.3 Å². The molecule has 0 aliphatic rings. The van der Waals surface area contributed by atoms with E-state index in [9.17, 15) is 29.4 Å². The van der Waals surface area contributed by atoms with Crippen LogP contribution in [0.4, 0.5) is 0 Å². The first kappa shape index (κ1) is 34.7. The van der Waals surface area contributed by atoms with Crippen molar-refractivity contribution >= 4 is 45.6 Å². The molecule has 3 aromatic heterocycles. The van der Waals surface area contributed by atoms with Crippen molar-refractivity contribution in [3.05, 3.63) is 77.6 Å². The van der Waals surface area contributed by atoms with Gasteiger partial charge in [0.1, 0.15) is 0 Å². The third kappa shape index (κ3) is 8.25. The summed E-state index contributed by atoms with van der Waals surface area (Å²) in [5.74, 6) is -3.14. The fraction of sp³-hybridized carbons (Fsp3) is 0.324. The molecule has 0 aliphatic heterocycles. The average Bonchev–Trinajstić information content (AvgIpc) is 3.63. The van der Waals surface area contributed by atoms with Gasteiger partial charge in [-0.15, -0.1) is 0 Å². The molecule has 5 rings (SSSR count). The number of nitrogens with zero attached hydrogens (tertiary/aromatic N) is 7. The summed E-state index contributed by atoms with van der Waals surface area (Å²) in [6.45, 7) is 5.51. The summed E-state index contributed by atoms with van der Waals surface area (Å²) in [7, 11) is 0. The Labute approximate surface area is 281 Å². The molecule has 0 bridgehead atoms. The number of carbonyl (C=O) groups excluding carboxylic acids is 1. The van der Waals surface area contributed by atoms with Crippen molar-refractivity contribution in [3.63, 3.8) is 0 Å². The highest BCUT2D eigenvalue weighted by Gasteiger charge is 2.22. The van der Waals surface area contributed by atoms with Gasteiger partial charge >= 0.3 is 17.9 Å². The van der Waals surface area contributed by atoms with Crippen molar-refractivity contribution < 1.29 is 34.5 Å².